The number of carbonyl (C=O) groups is 2. The van der Waals surface area contributed by atoms with E-state index >= 15 is 0 Å². The first kappa shape index (κ1) is 13.7. The lowest BCUT2D eigenvalue weighted by atomic mass is 10.3. The molecule has 18 heavy (non-hydrogen) atoms. The smallest absolute Gasteiger partial charge is 0.354 e. The lowest BCUT2D eigenvalue weighted by molar-refractivity contribution is -0.138. The molecule has 0 unspecified atom stereocenters. The van der Waals surface area contributed by atoms with E-state index in [1.165, 1.54) is 18.2 Å². The number of benzene rings is 1. The largest absolute Gasteiger partial charge is 0.466 e. The number of nitrogens with one attached hydrogen (secondary N) is 1. The van der Waals surface area contributed by atoms with Crippen molar-refractivity contribution in [3.05, 3.63) is 41.9 Å². The maximum absolute atomic E-state index is 13.4. The summed E-state index contributed by atoms with van der Waals surface area (Å²) in [5, 5.41) is 2.47. The fraction of sp³-hybridized carbons (Fsp3) is 0.167. The van der Waals surface area contributed by atoms with Gasteiger partial charge in [-0.25, -0.2) is 14.0 Å². The van der Waals surface area contributed by atoms with Gasteiger partial charge in [0.05, 0.1) is 26.0 Å². The lowest BCUT2D eigenvalue weighted by Crippen LogP contribution is -2.16. The number of rotatable bonds is 4. The summed E-state index contributed by atoms with van der Waals surface area (Å²) in [6.07, 6.45) is 0.887. The van der Waals surface area contributed by atoms with Crippen LogP contribution in [0.15, 0.2) is 36.0 Å². The number of carbonyl (C=O) groups excluding carboxylic acids is 2. The molecule has 1 N–H and O–H groups in total. The molecule has 0 aliphatic rings. The van der Waals surface area contributed by atoms with Gasteiger partial charge in [0.15, 0.2) is 0 Å². The summed E-state index contributed by atoms with van der Waals surface area (Å²) < 4.78 is 22.2. The molecule has 0 radical (unpaired) electrons. The average Bonchev–Trinajstić information content (AvgIpc) is 2.39. The van der Waals surface area contributed by atoms with E-state index in [9.17, 15) is 14.0 Å². The topological polar surface area (TPSA) is 64.6 Å². The molecule has 0 saturated heterocycles. The van der Waals surface area contributed by atoms with Gasteiger partial charge >= 0.3 is 11.9 Å². The van der Waals surface area contributed by atoms with Crippen molar-refractivity contribution in [2.75, 3.05) is 19.5 Å². The zero-order valence-electron chi connectivity index (χ0n) is 9.90. The minimum Gasteiger partial charge on any atom is -0.466 e. The molecule has 5 nitrogen and oxygen atoms in total. The molecule has 0 atom stereocenters. The molecule has 0 fully saturated rings. The van der Waals surface area contributed by atoms with Crippen molar-refractivity contribution in [3.63, 3.8) is 0 Å². The fourth-order valence-corrected chi connectivity index (χ4v) is 1.14. The van der Waals surface area contributed by atoms with Crippen LogP contribution in [-0.4, -0.2) is 26.2 Å². The Bertz CT molecular complexity index is 485. The van der Waals surface area contributed by atoms with Gasteiger partial charge < -0.3 is 14.8 Å². The molecule has 0 aliphatic carbocycles. The number of esters is 2. The van der Waals surface area contributed by atoms with Crippen LogP contribution in [0.3, 0.4) is 0 Å². The summed E-state index contributed by atoms with van der Waals surface area (Å²) in [6.45, 7) is 0. The van der Waals surface area contributed by atoms with Crippen molar-refractivity contribution in [2.24, 2.45) is 0 Å². The first-order valence-corrected chi connectivity index (χ1v) is 4.98. The Hall–Kier alpha value is -2.37. The van der Waals surface area contributed by atoms with Crippen LogP contribution in [0.1, 0.15) is 0 Å². The van der Waals surface area contributed by atoms with E-state index in [0.717, 1.165) is 20.3 Å². The molecule has 1 aromatic carbocycles. The monoisotopic (exact) mass is 253 g/mol. The molecule has 0 bridgehead atoms. The van der Waals surface area contributed by atoms with Crippen LogP contribution >= 0.6 is 0 Å². The molecule has 0 saturated carbocycles. The van der Waals surface area contributed by atoms with Gasteiger partial charge in [-0.05, 0) is 12.1 Å². The molecule has 1 aromatic rings. The van der Waals surface area contributed by atoms with Crippen molar-refractivity contribution in [1.29, 1.82) is 0 Å². The highest BCUT2D eigenvalue weighted by atomic mass is 19.1. The van der Waals surface area contributed by atoms with Crippen LogP contribution in [0.5, 0.6) is 0 Å². The van der Waals surface area contributed by atoms with Crippen LogP contribution in [0, 0.1) is 5.82 Å². The Morgan fingerprint density at radius 2 is 1.89 bits per heavy atom. The molecular formula is C12H12FNO4. The van der Waals surface area contributed by atoms with Gasteiger partial charge in [0.2, 0.25) is 0 Å². The molecule has 0 aromatic heterocycles. The predicted molar refractivity (Wildman–Crippen MR) is 62.1 cm³/mol. The summed E-state index contributed by atoms with van der Waals surface area (Å²) in [7, 11) is 2.31. The van der Waals surface area contributed by atoms with Gasteiger partial charge in [-0.1, -0.05) is 12.1 Å². The van der Waals surface area contributed by atoms with Gasteiger partial charge in [-0.2, -0.15) is 0 Å². The highest BCUT2D eigenvalue weighted by Gasteiger charge is 2.14. The zero-order chi connectivity index (χ0) is 13.5. The summed E-state index contributed by atoms with van der Waals surface area (Å²) >= 11 is 0. The second-order valence-electron chi connectivity index (χ2n) is 3.18. The van der Waals surface area contributed by atoms with Crippen LogP contribution < -0.4 is 5.32 Å². The second-order valence-corrected chi connectivity index (χ2v) is 3.18. The van der Waals surface area contributed by atoms with Gasteiger partial charge in [-0.3, -0.25) is 0 Å². The quantitative estimate of drug-likeness (QED) is 0.650. The highest BCUT2D eigenvalue weighted by molar-refractivity contribution is 5.98. The number of anilines is 1. The molecule has 0 aliphatic heterocycles. The third-order valence-corrected chi connectivity index (χ3v) is 2.01. The minimum absolute atomic E-state index is 0.0538. The Morgan fingerprint density at radius 1 is 1.22 bits per heavy atom. The maximum atomic E-state index is 13.4. The molecule has 0 heterocycles. The number of methoxy groups -OCH3 is 2. The van der Waals surface area contributed by atoms with E-state index in [4.69, 9.17) is 0 Å². The molecule has 6 heteroatoms. The molecule has 0 spiro atoms. The van der Waals surface area contributed by atoms with E-state index in [1.54, 1.807) is 6.07 Å². The second kappa shape index (κ2) is 6.39. The van der Waals surface area contributed by atoms with Crippen molar-refractivity contribution < 1.29 is 23.5 Å². The number of ether oxygens (including phenoxy) is 2. The van der Waals surface area contributed by atoms with Gasteiger partial charge in [0.25, 0.3) is 0 Å². The summed E-state index contributed by atoms with van der Waals surface area (Å²) in [6, 6.07) is 5.72. The Kier molecular flexibility index (Phi) is 4.86. The van der Waals surface area contributed by atoms with E-state index in [0.29, 0.717) is 0 Å². The lowest BCUT2D eigenvalue weighted by Gasteiger charge is -2.09. The molecule has 1 rings (SSSR count). The average molecular weight is 253 g/mol. The van der Waals surface area contributed by atoms with Crippen LogP contribution in [-0.2, 0) is 19.1 Å². The van der Waals surface area contributed by atoms with Crippen molar-refractivity contribution in [2.45, 2.75) is 0 Å². The molecule has 0 amide bonds. The summed E-state index contributed by atoms with van der Waals surface area (Å²) in [5.74, 6) is -2.11. The van der Waals surface area contributed by atoms with Gasteiger partial charge in [-0.15, -0.1) is 0 Å². The molecule has 96 valence electrons. The number of para-hydroxylation sites is 1. The summed E-state index contributed by atoms with van der Waals surface area (Å²) in [4.78, 5) is 22.5. The number of hydrogen-bond acceptors (Lipinski definition) is 5. The van der Waals surface area contributed by atoms with E-state index in [2.05, 4.69) is 14.8 Å². The predicted octanol–water partition coefficient (Wildman–Crippen LogP) is 1.47. The Morgan fingerprint density at radius 3 is 2.44 bits per heavy atom. The third-order valence-electron chi connectivity index (χ3n) is 2.01. The van der Waals surface area contributed by atoms with Gasteiger partial charge in [0, 0.05) is 0 Å². The van der Waals surface area contributed by atoms with Crippen LogP contribution in [0.4, 0.5) is 10.1 Å². The Labute approximate surface area is 103 Å². The third kappa shape index (κ3) is 3.58. The summed E-state index contributed by atoms with van der Waals surface area (Å²) in [5.41, 5.74) is -0.160. The van der Waals surface area contributed by atoms with Crippen molar-refractivity contribution in [3.8, 4) is 0 Å². The van der Waals surface area contributed by atoms with Gasteiger partial charge in [0.1, 0.15) is 11.5 Å². The minimum atomic E-state index is -0.802. The van der Waals surface area contributed by atoms with E-state index < -0.39 is 17.8 Å². The number of halogens is 1. The first-order valence-electron chi connectivity index (χ1n) is 4.98. The van der Waals surface area contributed by atoms with E-state index in [-0.39, 0.29) is 11.4 Å². The van der Waals surface area contributed by atoms with Crippen LogP contribution in [0.25, 0.3) is 0 Å². The van der Waals surface area contributed by atoms with E-state index in [1.807, 2.05) is 0 Å². The maximum Gasteiger partial charge on any atom is 0.354 e. The van der Waals surface area contributed by atoms with Crippen molar-refractivity contribution in [1.82, 2.24) is 0 Å². The first-order chi connectivity index (χ1) is 8.58. The number of hydrogen-bond donors (Lipinski definition) is 1. The SMILES string of the molecule is COC(=O)/C=C(/Nc1ccccc1F)C(=O)OC. The van der Waals surface area contributed by atoms with Crippen molar-refractivity contribution >= 4 is 17.6 Å². The Balaban J connectivity index is 3.00. The molecular weight excluding hydrogens is 241 g/mol. The normalized spacial score (nSPS) is 10.7. The fourth-order valence-electron chi connectivity index (χ4n) is 1.14. The highest BCUT2D eigenvalue weighted by Crippen LogP contribution is 2.15. The van der Waals surface area contributed by atoms with Crippen LogP contribution in [0.2, 0.25) is 0 Å². The zero-order valence-corrected chi connectivity index (χ0v) is 9.90. The standard InChI is InChI=1S/C12H12FNO4/c1-17-11(15)7-10(12(16)18-2)14-9-6-4-3-5-8(9)13/h3-7,14H,1-2H3/b10-7+.